The molecule has 4 nitrogen and oxygen atoms in total. The number of amides is 1. The highest BCUT2D eigenvalue weighted by Gasteiger charge is 2.22. The van der Waals surface area contributed by atoms with E-state index in [2.05, 4.69) is 24.7 Å². The molecule has 102 valence electrons. The molecule has 17 heavy (non-hydrogen) atoms. The second-order valence-electron chi connectivity index (χ2n) is 4.32. The average molecular weight is 243 g/mol. The van der Waals surface area contributed by atoms with Crippen molar-refractivity contribution in [3.63, 3.8) is 0 Å². The summed E-state index contributed by atoms with van der Waals surface area (Å²) in [6, 6.07) is 0. The molecule has 1 unspecified atom stereocenters. The van der Waals surface area contributed by atoms with Gasteiger partial charge in [0.2, 0.25) is 0 Å². The highest BCUT2D eigenvalue weighted by atomic mass is 16.2. The Bertz CT molecular complexity index is 191. The Morgan fingerprint density at radius 2 is 1.59 bits per heavy atom. The lowest BCUT2D eigenvalue weighted by molar-refractivity contribution is -0.143. The van der Waals surface area contributed by atoms with Crippen LogP contribution in [0.3, 0.4) is 0 Å². The number of nitrogens with one attached hydrogen (secondary N) is 2. The maximum absolute atomic E-state index is 12.3. The van der Waals surface area contributed by atoms with Gasteiger partial charge in [-0.3, -0.25) is 4.79 Å². The molecule has 0 bridgehead atoms. The minimum atomic E-state index is 0.151. The Hall–Kier alpha value is -0.610. The molecule has 0 heterocycles. The van der Waals surface area contributed by atoms with Crippen molar-refractivity contribution in [3.05, 3.63) is 0 Å². The first-order valence-electron chi connectivity index (χ1n) is 7.02. The molecule has 0 rings (SSSR count). The van der Waals surface area contributed by atoms with Crippen molar-refractivity contribution in [2.45, 2.75) is 59.8 Å². The van der Waals surface area contributed by atoms with Crippen LogP contribution in [-0.2, 0) is 4.79 Å². The zero-order chi connectivity index (χ0) is 13.1. The zero-order valence-electron chi connectivity index (χ0n) is 11.9. The summed E-state index contributed by atoms with van der Waals surface area (Å²) in [5, 5.41) is 1.58. The normalized spacial score (nSPS) is 12.5. The lowest BCUT2D eigenvalue weighted by Gasteiger charge is -2.27. The standard InChI is InChI=1S/C13H29N3O/c1-5-9-11-12(10-6-2)13(17)16(14-7-3)15-8-4/h12,14-15H,5-11H2,1-4H3. The fraction of sp³-hybridized carbons (Fsp3) is 0.923. The number of hydrogen-bond donors (Lipinski definition) is 2. The molecule has 0 aromatic heterocycles. The predicted molar refractivity (Wildman–Crippen MR) is 72.1 cm³/mol. The van der Waals surface area contributed by atoms with Crippen molar-refractivity contribution in [2.75, 3.05) is 13.1 Å². The van der Waals surface area contributed by atoms with E-state index < -0.39 is 0 Å². The van der Waals surface area contributed by atoms with Crippen LogP contribution >= 0.6 is 0 Å². The molecule has 2 N–H and O–H groups in total. The van der Waals surface area contributed by atoms with E-state index in [0.717, 1.165) is 45.2 Å². The molecule has 0 saturated carbocycles. The topological polar surface area (TPSA) is 44.4 Å². The van der Waals surface area contributed by atoms with Crippen molar-refractivity contribution >= 4 is 5.91 Å². The van der Waals surface area contributed by atoms with Gasteiger partial charge in [0.1, 0.15) is 0 Å². The average Bonchev–Trinajstić information content (AvgIpc) is 2.33. The molecule has 0 aromatic carbocycles. The first kappa shape index (κ1) is 16.4. The van der Waals surface area contributed by atoms with Crippen LogP contribution in [-0.4, -0.2) is 24.1 Å². The number of hydrogen-bond acceptors (Lipinski definition) is 3. The van der Waals surface area contributed by atoms with Crippen molar-refractivity contribution in [2.24, 2.45) is 5.92 Å². The second kappa shape index (κ2) is 10.5. The molecular weight excluding hydrogens is 214 g/mol. The number of unbranched alkanes of at least 4 members (excludes halogenated alkanes) is 1. The first-order valence-corrected chi connectivity index (χ1v) is 7.02. The molecule has 0 fully saturated rings. The Kier molecular flexibility index (Phi) is 10.2. The summed E-state index contributed by atoms with van der Waals surface area (Å²) in [5.74, 6) is 0.335. The van der Waals surface area contributed by atoms with Crippen LogP contribution in [0.5, 0.6) is 0 Å². The molecule has 0 spiro atoms. The lowest BCUT2D eigenvalue weighted by Crippen LogP contribution is -2.53. The number of carbonyl (C=O) groups is 1. The number of rotatable bonds is 10. The maximum atomic E-state index is 12.3. The summed E-state index contributed by atoms with van der Waals surface area (Å²) < 4.78 is 0. The highest BCUT2D eigenvalue weighted by Crippen LogP contribution is 2.16. The van der Waals surface area contributed by atoms with Crippen LogP contribution in [0.15, 0.2) is 0 Å². The van der Waals surface area contributed by atoms with Crippen LogP contribution in [0.1, 0.15) is 59.8 Å². The smallest absolute Gasteiger partial charge is 0.254 e. The van der Waals surface area contributed by atoms with Gasteiger partial charge in [-0.25, -0.2) is 16.0 Å². The Morgan fingerprint density at radius 1 is 1.00 bits per heavy atom. The van der Waals surface area contributed by atoms with E-state index in [0.29, 0.717) is 0 Å². The van der Waals surface area contributed by atoms with Gasteiger partial charge in [0.15, 0.2) is 0 Å². The van der Waals surface area contributed by atoms with E-state index >= 15 is 0 Å². The zero-order valence-corrected chi connectivity index (χ0v) is 11.9. The van der Waals surface area contributed by atoms with Crippen LogP contribution in [0.25, 0.3) is 0 Å². The number of nitrogens with zero attached hydrogens (tertiary/aromatic N) is 1. The van der Waals surface area contributed by atoms with Crippen LogP contribution in [0.4, 0.5) is 0 Å². The minimum absolute atomic E-state index is 0.151. The van der Waals surface area contributed by atoms with Crippen LogP contribution in [0.2, 0.25) is 0 Å². The molecule has 0 radical (unpaired) electrons. The molecule has 4 heteroatoms. The summed E-state index contributed by atoms with van der Waals surface area (Å²) in [5.41, 5.74) is 6.14. The predicted octanol–water partition coefficient (Wildman–Crippen LogP) is 2.47. The van der Waals surface area contributed by atoms with E-state index in [1.54, 1.807) is 5.12 Å². The third kappa shape index (κ3) is 6.64. The van der Waals surface area contributed by atoms with Gasteiger partial charge in [0.25, 0.3) is 5.91 Å². The molecule has 1 amide bonds. The molecule has 0 aromatic rings. The Labute approximate surface area is 106 Å². The first-order chi connectivity index (χ1) is 8.21. The maximum Gasteiger partial charge on any atom is 0.254 e. The number of carbonyl (C=O) groups excluding carboxylic acids is 1. The van der Waals surface area contributed by atoms with E-state index in [1.165, 1.54) is 0 Å². The second-order valence-corrected chi connectivity index (χ2v) is 4.32. The number of hydrazine groups is 2. The van der Waals surface area contributed by atoms with Gasteiger partial charge in [-0.2, -0.15) is 0 Å². The Morgan fingerprint density at radius 3 is 2.00 bits per heavy atom. The van der Waals surface area contributed by atoms with Gasteiger partial charge < -0.3 is 0 Å². The van der Waals surface area contributed by atoms with Crippen molar-refractivity contribution < 1.29 is 4.79 Å². The van der Waals surface area contributed by atoms with Gasteiger partial charge in [-0.1, -0.05) is 47.0 Å². The summed E-state index contributed by atoms with van der Waals surface area (Å²) >= 11 is 0. The molecule has 0 aliphatic rings. The van der Waals surface area contributed by atoms with Crippen molar-refractivity contribution in [1.82, 2.24) is 16.0 Å². The molecule has 1 atom stereocenters. The van der Waals surface area contributed by atoms with Gasteiger partial charge in [-0.15, -0.1) is 0 Å². The fourth-order valence-electron chi connectivity index (χ4n) is 1.90. The molecular formula is C13H29N3O. The monoisotopic (exact) mass is 243 g/mol. The summed E-state index contributed by atoms with van der Waals surface area (Å²) in [6.45, 7) is 9.81. The van der Waals surface area contributed by atoms with E-state index in [-0.39, 0.29) is 11.8 Å². The van der Waals surface area contributed by atoms with Crippen molar-refractivity contribution in [1.29, 1.82) is 0 Å². The third-order valence-corrected chi connectivity index (χ3v) is 2.75. The van der Waals surface area contributed by atoms with Crippen molar-refractivity contribution in [3.8, 4) is 0 Å². The summed E-state index contributed by atoms with van der Waals surface area (Å²) in [6.07, 6.45) is 5.31. The molecule has 0 saturated heterocycles. The third-order valence-electron chi connectivity index (χ3n) is 2.75. The fourth-order valence-corrected chi connectivity index (χ4v) is 1.90. The van der Waals surface area contributed by atoms with Gasteiger partial charge >= 0.3 is 0 Å². The summed E-state index contributed by atoms with van der Waals surface area (Å²) in [4.78, 5) is 12.3. The quantitative estimate of drug-likeness (QED) is 0.579. The largest absolute Gasteiger partial charge is 0.272 e. The Balaban J connectivity index is 4.40. The highest BCUT2D eigenvalue weighted by molar-refractivity contribution is 5.77. The molecule has 0 aliphatic heterocycles. The van der Waals surface area contributed by atoms with Crippen LogP contribution < -0.4 is 10.9 Å². The van der Waals surface area contributed by atoms with E-state index in [4.69, 9.17) is 0 Å². The van der Waals surface area contributed by atoms with Gasteiger partial charge in [0.05, 0.1) is 0 Å². The SMILES string of the molecule is CCCCC(CCC)C(=O)N(NCC)NCC. The van der Waals surface area contributed by atoms with E-state index in [1.807, 2.05) is 13.8 Å². The van der Waals surface area contributed by atoms with E-state index in [9.17, 15) is 4.79 Å². The summed E-state index contributed by atoms with van der Waals surface area (Å²) in [7, 11) is 0. The van der Waals surface area contributed by atoms with Gasteiger partial charge in [-0.05, 0) is 12.8 Å². The molecule has 0 aliphatic carbocycles. The minimum Gasteiger partial charge on any atom is -0.272 e. The van der Waals surface area contributed by atoms with Gasteiger partial charge in [0, 0.05) is 19.0 Å². The lowest BCUT2D eigenvalue weighted by atomic mass is 9.96. The van der Waals surface area contributed by atoms with Crippen LogP contribution in [0, 0.1) is 5.92 Å².